The molecule has 1 heterocycles. The van der Waals surface area contributed by atoms with Crippen LogP contribution in [0.1, 0.15) is 28.4 Å². The van der Waals surface area contributed by atoms with Gasteiger partial charge in [-0.1, -0.05) is 34.6 Å². The normalized spacial score (nSPS) is 10.7. The number of carbonyl (C=O) groups is 1. The first-order valence-corrected chi connectivity index (χ1v) is 8.30. The first kappa shape index (κ1) is 15.5. The molecule has 0 atom stereocenters. The summed E-state index contributed by atoms with van der Waals surface area (Å²) in [6.07, 6.45) is 0. The monoisotopic (exact) mass is 326 g/mol. The first-order valence-electron chi connectivity index (χ1n) is 7.49. The van der Waals surface area contributed by atoms with Crippen LogP contribution in [0.2, 0.25) is 0 Å². The van der Waals surface area contributed by atoms with Crippen molar-refractivity contribution >= 4 is 32.6 Å². The lowest BCUT2D eigenvalue weighted by Gasteiger charge is -2.04. The number of hydrogen-bond acceptors (Lipinski definition) is 4. The number of hydrogen-bond donors (Lipinski definition) is 1. The molecule has 0 aliphatic carbocycles. The van der Waals surface area contributed by atoms with Crippen molar-refractivity contribution in [3.63, 3.8) is 0 Å². The Morgan fingerprint density at radius 2 is 1.96 bits per heavy atom. The van der Waals surface area contributed by atoms with Crippen molar-refractivity contribution in [2.45, 2.75) is 20.8 Å². The number of amides is 1. The van der Waals surface area contributed by atoms with E-state index < -0.39 is 0 Å². The fraction of sp³-hybridized carbons (Fsp3) is 0.222. The van der Waals surface area contributed by atoms with E-state index in [0.29, 0.717) is 17.3 Å². The highest BCUT2D eigenvalue weighted by atomic mass is 32.1. The number of carbonyl (C=O) groups excluding carboxylic acids is 1. The van der Waals surface area contributed by atoms with Gasteiger partial charge in [0.25, 0.3) is 5.91 Å². The number of para-hydroxylation sites is 1. The van der Waals surface area contributed by atoms with Gasteiger partial charge >= 0.3 is 0 Å². The molecule has 0 aliphatic rings. The van der Waals surface area contributed by atoms with Gasteiger partial charge < -0.3 is 4.74 Å². The highest BCUT2D eigenvalue weighted by molar-refractivity contribution is 7.22. The number of anilines is 1. The molecule has 0 spiro atoms. The Morgan fingerprint density at radius 1 is 1.22 bits per heavy atom. The van der Waals surface area contributed by atoms with Gasteiger partial charge in [-0.15, -0.1) is 0 Å². The van der Waals surface area contributed by atoms with Gasteiger partial charge in [-0.25, -0.2) is 4.98 Å². The highest BCUT2D eigenvalue weighted by Crippen LogP contribution is 2.32. The number of thiazole rings is 1. The van der Waals surface area contributed by atoms with Gasteiger partial charge in [0.05, 0.1) is 11.3 Å². The van der Waals surface area contributed by atoms with E-state index in [1.807, 2.05) is 57.2 Å². The molecule has 0 radical (unpaired) electrons. The second-order valence-electron chi connectivity index (χ2n) is 5.39. The molecule has 5 heteroatoms. The van der Waals surface area contributed by atoms with Crippen molar-refractivity contribution < 1.29 is 9.53 Å². The summed E-state index contributed by atoms with van der Waals surface area (Å²) < 4.78 is 6.58. The predicted molar refractivity (Wildman–Crippen MR) is 94.7 cm³/mol. The van der Waals surface area contributed by atoms with E-state index in [4.69, 9.17) is 4.74 Å². The van der Waals surface area contributed by atoms with Crippen LogP contribution >= 0.6 is 11.3 Å². The largest absolute Gasteiger partial charge is 0.492 e. The van der Waals surface area contributed by atoms with Crippen molar-refractivity contribution in [3.05, 3.63) is 53.1 Å². The molecule has 0 saturated heterocycles. The summed E-state index contributed by atoms with van der Waals surface area (Å²) >= 11 is 1.45. The summed E-state index contributed by atoms with van der Waals surface area (Å²) in [4.78, 5) is 16.9. The number of nitrogens with zero attached hydrogens (tertiary/aromatic N) is 1. The molecule has 4 nitrogen and oxygen atoms in total. The lowest BCUT2D eigenvalue weighted by molar-refractivity contribution is 0.102. The number of ether oxygens (including phenoxy) is 1. The smallest absolute Gasteiger partial charge is 0.257 e. The molecule has 3 aromatic rings. The molecule has 2 aromatic carbocycles. The molecule has 0 bridgehead atoms. The molecule has 0 fully saturated rings. The van der Waals surface area contributed by atoms with Gasteiger partial charge in [-0.05, 0) is 45.0 Å². The van der Waals surface area contributed by atoms with Crippen LogP contribution in [-0.2, 0) is 0 Å². The van der Waals surface area contributed by atoms with Gasteiger partial charge in [-0.3, -0.25) is 10.1 Å². The number of aryl methyl sites for hydroxylation is 2. The number of nitrogens with one attached hydrogen (secondary N) is 1. The standard InChI is InChI=1S/C18H18N2O2S/c1-4-22-14-6-5-7-15-16(14)19-18(23-15)20-17(21)13-9-11(2)8-12(3)10-13/h5-10H,4H2,1-3H3,(H,19,20,21). The number of aromatic nitrogens is 1. The fourth-order valence-electron chi connectivity index (χ4n) is 2.52. The van der Waals surface area contributed by atoms with Crippen molar-refractivity contribution in [2.24, 2.45) is 0 Å². The third-order valence-electron chi connectivity index (χ3n) is 3.39. The fourth-order valence-corrected chi connectivity index (χ4v) is 3.40. The number of fused-ring (bicyclic) bond motifs is 1. The van der Waals surface area contributed by atoms with Crippen molar-refractivity contribution in [3.8, 4) is 5.75 Å². The molecule has 23 heavy (non-hydrogen) atoms. The second kappa shape index (κ2) is 6.38. The maximum absolute atomic E-state index is 12.4. The lowest BCUT2D eigenvalue weighted by Crippen LogP contribution is -2.12. The van der Waals surface area contributed by atoms with Crippen LogP contribution in [0.4, 0.5) is 5.13 Å². The SMILES string of the molecule is CCOc1cccc2sc(NC(=O)c3cc(C)cc(C)c3)nc12. The van der Waals surface area contributed by atoms with Gasteiger partial charge in [0.15, 0.2) is 5.13 Å². The van der Waals surface area contributed by atoms with Crippen molar-refractivity contribution in [1.82, 2.24) is 4.98 Å². The Morgan fingerprint density at radius 3 is 2.65 bits per heavy atom. The molecular weight excluding hydrogens is 308 g/mol. The molecular formula is C18H18N2O2S. The third kappa shape index (κ3) is 3.35. The second-order valence-corrected chi connectivity index (χ2v) is 6.42. The summed E-state index contributed by atoms with van der Waals surface area (Å²) in [7, 11) is 0. The van der Waals surface area contributed by atoms with E-state index in [1.165, 1.54) is 11.3 Å². The molecule has 1 N–H and O–H groups in total. The lowest BCUT2D eigenvalue weighted by atomic mass is 10.1. The number of benzene rings is 2. The average molecular weight is 326 g/mol. The van der Waals surface area contributed by atoms with Gasteiger partial charge in [0.1, 0.15) is 11.3 Å². The van der Waals surface area contributed by atoms with Crippen molar-refractivity contribution in [1.29, 1.82) is 0 Å². The number of rotatable bonds is 4. The van der Waals surface area contributed by atoms with Crippen LogP contribution < -0.4 is 10.1 Å². The van der Waals surface area contributed by atoms with Crippen LogP contribution in [-0.4, -0.2) is 17.5 Å². The van der Waals surface area contributed by atoms with E-state index in [-0.39, 0.29) is 5.91 Å². The average Bonchev–Trinajstić information content (AvgIpc) is 2.90. The quantitative estimate of drug-likeness (QED) is 0.764. The van der Waals surface area contributed by atoms with E-state index in [2.05, 4.69) is 10.3 Å². The Balaban J connectivity index is 1.89. The molecule has 3 rings (SSSR count). The summed E-state index contributed by atoms with van der Waals surface area (Å²) in [5, 5.41) is 3.46. The minimum Gasteiger partial charge on any atom is -0.492 e. The van der Waals surface area contributed by atoms with Crippen LogP contribution in [0.25, 0.3) is 10.2 Å². The summed E-state index contributed by atoms with van der Waals surface area (Å²) in [5.74, 6) is 0.599. The van der Waals surface area contributed by atoms with Gasteiger partial charge in [0.2, 0.25) is 0 Å². The highest BCUT2D eigenvalue weighted by Gasteiger charge is 2.13. The summed E-state index contributed by atoms with van der Waals surface area (Å²) in [6.45, 7) is 6.49. The molecule has 0 aliphatic heterocycles. The van der Waals surface area contributed by atoms with Crippen LogP contribution in [0.5, 0.6) is 5.75 Å². The summed E-state index contributed by atoms with van der Waals surface area (Å²) in [6, 6.07) is 11.6. The van der Waals surface area contributed by atoms with E-state index >= 15 is 0 Å². The molecule has 0 unspecified atom stereocenters. The van der Waals surface area contributed by atoms with Gasteiger partial charge in [-0.2, -0.15) is 0 Å². The zero-order valence-corrected chi connectivity index (χ0v) is 14.2. The zero-order chi connectivity index (χ0) is 16.4. The van der Waals surface area contributed by atoms with Crippen LogP contribution in [0, 0.1) is 13.8 Å². The molecule has 1 aromatic heterocycles. The Hall–Kier alpha value is -2.40. The zero-order valence-electron chi connectivity index (χ0n) is 13.3. The van der Waals surface area contributed by atoms with Crippen molar-refractivity contribution in [2.75, 3.05) is 11.9 Å². The molecule has 0 saturated carbocycles. The van der Waals surface area contributed by atoms with E-state index in [9.17, 15) is 4.79 Å². The van der Waals surface area contributed by atoms with E-state index in [1.54, 1.807) is 0 Å². The first-order chi connectivity index (χ1) is 11.1. The van der Waals surface area contributed by atoms with Crippen LogP contribution in [0.3, 0.4) is 0 Å². The minimum atomic E-state index is -0.145. The van der Waals surface area contributed by atoms with Gasteiger partial charge in [0, 0.05) is 5.56 Å². The Labute approximate surface area is 139 Å². The minimum absolute atomic E-state index is 0.145. The molecule has 1 amide bonds. The topological polar surface area (TPSA) is 51.2 Å². The molecule has 118 valence electrons. The summed E-state index contributed by atoms with van der Waals surface area (Å²) in [5.41, 5.74) is 3.57. The maximum atomic E-state index is 12.4. The Bertz CT molecular complexity index is 850. The third-order valence-corrected chi connectivity index (χ3v) is 4.32. The van der Waals surface area contributed by atoms with Crippen LogP contribution in [0.15, 0.2) is 36.4 Å². The maximum Gasteiger partial charge on any atom is 0.257 e. The predicted octanol–water partition coefficient (Wildman–Crippen LogP) is 4.56. The van der Waals surface area contributed by atoms with E-state index in [0.717, 1.165) is 27.1 Å². The Kier molecular flexibility index (Phi) is 4.30.